The van der Waals surface area contributed by atoms with Gasteiger partial charge in [0.05, 0.1) is 12.3 Å². The summed E-state index contributed by atoms with van der Waals surface area (Å²) < 4.78 is 19.3. The fourth-order valence-corrected chi connectivity index (χ4v) is 1.90. The molecule has 0 saturated heterocycles. The highest BCUT2D eigenvalue weighted by Gasteiger charge is 2.12. The lowest BCUT2D eigenvalue weighted by atomic mass is 10.1. The Balaban J connectivity index is 2.78. The van der Waals surface area contributed by atoms with Crippen molar-refractivity contribution < 1.29 is 9.13 Å². The number of anilines is 1. The largest absolute Gasteiger partial charge is 0.380 e. The first-order valence-electron chi connectivity index (χ1n) is 6.85. The molecule has 0 aliphatic carbocycles. The summed E-state index contributed by atoms with van der Waals surface area (Å²) in [7, 11) is 1.90. The number of likely N-dealkylation sites (N-methyl/N-ethyl adjacent to an activating group) is 1. The Morgan fingerprint density at radius 3 is 2.74 bits per heavy atom. The van der Waals surface area contributed by atoms with Gasteiger partial charge in [-0.15, -0.1) is 0 Å². The van der Waals surface area contributed by atoms with Crippen LogP contribution < -0.4 is 10.2 Å². The van der Waals surface area contributed by atoms with Gasteiger partial charge in [-0.3, -0.25) is 0 Å². The van der Waals surface area contributed by atoms with Crippen LogP contribution in [0.3, 0.4) is 0 Å². The first-order chi connectivity index (χ1) is 9.06. The molecule has 1 rings (SSSR count). The van der Waals surface area contributed by atoms with Crippen LogP contribution in [0.15, 0.2) is 18.2 Å². The van der Waals surface area contributed by atoms with Crippen LogP contribution in [-0.2, 0) is 11.3 Å². The number of hydrogen-bond donors (Lipinski definition) is 1. The minimum atomic E-state index is -0.179. The summed E-state index contributed by atoms with van der Waals surface area (Å²) in [4.78, 5) is 1.92. The summed E-state index contributed by atoms with van der Waals surface area (Å²) in [5, 5.41) is 3.33. The molecule has 0 amide bonds. The van der Waals surface area contributed by atoms with Crippen molar-refractivity contribution in [2.45, 2.75) is 33.4 Å². The number of hydrogen-bond acceptors (Lipinski definition) is 3. The van der Waals surface area contributed by atoms with Crippen LogP contribution in [0.2, 0.25) is 0 Å². The molecule has 1 N–H and O–H groups in total. The second-order valence-corrected chi connectivity index (χ2v) is 4.90. The summed E-state index contributed by atoms with van der Waals surface area (Å²) in [5.41, 5.74) is 1.64. The lowest BCUT2D eigenvalue weighted by molar-refractivity contribution is 0.154. The molecule has 0 radical (unpaired) electrons. The van der Waals surface area contributed by atoms with E-state index in [1.165, 1.54) is 6.07 Å². The van der Waals surface area contributed by atoms with Gasteiger partial charge in [0.1, 0.15) is 5.82 Å². The first-order valence-corrected chi connectivity index (χ1v) is 6.85. The van der Waals surface area contributed by atoms with E-state index in [1.807, 2.05) is 24.9 Å². The molecule has 0 bridgehead atoms. The monoisotopic (exact) mass is 268 g/mol. The molecule has 0 spiro atoms. The number of rotatable bonds is 8. The van der Waals surface area contributed by atoms with E-state index >= 15 is 0 Å². The van der Waals surface area contributed by atoms with E-state index in [9.17, 15) is 4.39 Å². The minimum absolute atomic E-state index is 0.179. The summed E-state index contributed by atoms with van der Waals surface area (Å²) in [6.07, 6.45) is 0. The Kier molecular flexibility index (Phi) is 6.81. The van der Waals surface area contributed by atoms with Gasteiger partial charge in [-0.05, 0) is 18.6 Å². The van der Waals surface area contributed by atoms with Crippen molar-refractivity contribution in [3.63, 3.8) is 0 Å². The zero-order valence-corrected chi connectivity index (χ0v) is 12.4. The maximum absolute atomic E-state index is 14.0. The highest BCUT2D eigenvalue weighted by molar-refractivity contribution is 5.54. The van der Waals surface area contributed by atoms with Crippen LogP contribution in [-0.4, -0.2) is 32.8 Å². The van der Waals surface area contributed by atoms with E-state index in [0.29, 0.717) is 38.0 Å². The van der Waals surface area contributed by atoms with Crippen molar-refractivity contribution >= 4 is 5.69 Å². The van der Waals surface area contributed by atoms with Crippen LogP contribution >= 0.6 is 0 Å². The number of ether oxygens (including phenoxy) is 1. The van der Waals surface area contributed by atoms with Gasteiger partial charge in [-0.2, -0.15) is 0 Å². The molecule has 0 aliphatic rings. The van der Waals surface area contributed by atoms with Crippen molar-refractivity contribution in [2.24, 2.45) is 0 Å². The Morgan fingerprint density at radius 2 is 2.11 bits per heavy atom. The maximum Gasteiger partial charge on any atom is 0.146 e. The van der Waals surface area contributed by atoms with E-state index in [2.05, 4.69) is 19.2 Å². The quantitative estimate of drug-likeness (QED) is 0.734. The zero-order valence-electron chi connectivity index (χ0n) is 12.4. The van der Waals surface area contributed by atoms with Gasteiger partial charge in [-0.1, -0.05) is 26.0 Å². The van der Waals surface area contributed by atoms with Crippen LogP contribution in [0.4, 0.5) is 10.1 Å². The topological polar surface area (TPSA) is 24.5 Å². The molecule has 108 valence electrons. The molecule has 0 aliphatic heterocycles. The van der Waals surface area contributed by atoms with Crippen LogP contribution in [0, 0.1) is 5.82 Å². The molecular formula is C15H25FN2O. The molecule has 0 aromatic heterocycles. The predicted octanol–water partition coefficient (Wildman–Crippen LogP) is 2.80. The third-order valence-electron chi connectivity index (χ3n) is 2.93. The van der Waals surface area contributed by atoms with Gasteiger partial charge in [0.15, 0.2) is 0 Å². The Morgan fingerprint density at radius 1 is 1.37 bits per heavy atom. The van der Waals surface area contributed by atoms with Gasteiger partial charge in [0.2, 0.25) is 0 Å². The smallest absolute Gasteiger partial charge is 0.146 e. The lowest BCUT2D eigenvalue weighted by Crippen LogP contribution is -2.27. The number of para-hydroxylation sites is 1. The maximum atomic E-state index is 14.0. The van der Waals surface area contributed by atoms with Gasteiger partial charge in [0, 0.05) is 32.8 Å². The van der Waals surface area contributed by atoms with Crippen molar-refractivity contribution in [3.8, 4) is 0 Å². The molecule has 1 aromatic carbocycles. The first kappa shape index (κ1) is 15.9. The molecule has 0 fully saturated rings. The number of nitrogens with zero attached hydrogens (tertiary/aromatic N) is 1. The Bertz CT molecular complexity index is 382. The van der Waals surface area contributed by atoms with Gasteiger partial charge < -0.3 is 15.0 Å². The van der Waals surface area contributed by atoms with Crippen molar-refractivity contribution in [1.29, 1.82) is 0 Å². The summed E-state index contributed by atoms with van der Waals surface area (Å²) in [5.74, 6) is -0.179. The average molecular weight is 268 g/mol. The number of halogens is 1. The normalized spacial score (nSPS) is 11.1. The van der Waals surface area contributed by atoms with Gasteiger partial charge in [0.25, 0.3) is 0 Å². The molecule has 4 heteroatoms. The highest BCUT2D eigenvalue weighted by Crippen LogP contribution is 2.23. The third-order valence-corrected chi connectivity index (χ3v) is 2.93. The van der Waals surface area contributed by atoms with E-state index in [1.54, 1.807) is 6.07 Å². The van der Waals surface area contributed by atoms with E-state index < -0.39 is 0 Å². The van der Waals surface area contributed by atoms with Gasteiger partial charge >= 0.3 is 0 Å². The summed E-state index contributed by atoms with van der Waals surface area (Å²) in [6, 6.07) is 5.60. The molecule has 0 heterocycles. The predicted molar refractivity (Wildman–Crippen MR) is 78.1 cm³/mol. The molecule has 0 atom stereocenters. The molecule has 19 heavy (non-hydrogen) atoms. The van der Waals surface area contributed by atoms with Gasteiger partial charge in [-0.25, -0.2) is 4.39 Å². The molecular weight excluding hydrogens is 243 g/mol. The van der Waals surface area contributed by atoms with E-state index in [-0.39, 0.29) is 5.82 Å². The van der Waals surface area contributed by atoms with E-state index in [0.717, 1.165) is 5.56 Å². The molecule has 1 aromatic rings. The van der Waals surface area contributed by atoms with Crippen LogP contribution in [0.5, 0.6) is 0 Å². The fourth-order valence-electron chi connectivity index (χ4n) is 1.90. The second kappa shape index (κ2) is 8.12. The summed E-state index contributed by atoms with van der Waals surface area (Å²) in [6.45, 7) is 8.77. The van der Waals surface area contributed by atoms with E-state index in [4.69, 9.17) is 4.74 Å². The minimum Gasteiger partial charge on any atom is -0.380 e. The average Bonchev–Trinajstić information content (AvgIpc) is 2.36. The molecule has 0 saturated carbocycles. The van der Waals surface area contributed by atoms with Crippen molar-refractivity contribution in [3.05, 3.63) is 29.6 Å². The SMILES string of the molecule is CCOCCN(C)c1c(F)cccc1CNC(C)C. The summed E-state index contributed by atoms with van der Waals surface area (Å²) >= 11 is 0. The van der Waals surface area contributed by atoms with Crippen LogP contribution in [0.1, 0.15) is 26.3 Å². The number of benzene rings is 1. The highest BCUT2D eigenvalue weighted by atomic mass is 19.1. The van der Waals surface area contributed by atoms with Crippen molar-refractivity contribution in [1.82, 2.24) is 5.32 Å². The Hall–Kier alpha value is -1.13. The molecule has 3 nitrogen and oxygen atoms in total. The van der Waals surface area contributed by atoms with Crippen molar-refractivity contribution in [2.75, 3.05) is 31.7 Å². The Labute approximate surface area is 115 Å². The second-order valence-electron chi connectivity index (χ2n) is 4.90. The fraction of sp³-hybridized carbons (Fsp3) is 0.600. The lowest BCUT2D eigenvalue weighted by Gasteiger charge is -2.23. The number of nitrogens with one attached hydrogen (secondary N) is 1. The zero-order chi connectivity index (χ0) is 14.3. The van der Waals surface area contributed by atoms with Crippen LogP contribution in [0.25, 0.3) is 0 Å². The standard InChI is InChI=1S/C15H25FN2O/c1-5-19-10-9-18(4)15-13(11-17-12(2)3)7-6-8-14(15)16/h6-8,12,17H,5,9-11H2,1-4H3. The third kappa shape index (κ3) is 5.17. The molecule has 0 unspecified atom stereocenters.